The van der Waals surface area contributed by atoms with Gasteiger partial charge >= 0.3 is 6.18 Å². The summed E-state index contributed by atoms with van der Waals surface area (Å²) in [5.41, 5.74) is -0.912. The Morgan fingerprint density at radius 1 is 1.47 bits per heavy atom. The van der Waals surface area contributed by atoms with Crippen molar-refractivity contribution in [3.8, 4) is 5.75 Å². The number of halogens is 4. The highest BCUT2D eigenvalue weighted by Crippen LogP contribution is 2.40. The van der Waals surface area contributed by atoms with Crippen LogP contribution in [-0.2, 0) is 11.0 Å². The molecule has 94 valence electrons. The molecule has 1 unspecified atom stereocenters. The van der Waals surface area contributed by atoms with E-state index >= 15 is 0 Å². The predicted molar refractivity (Wildman–Crippen MR) is 57.2 cm³/mol. The summed E-state index contributed by atoms with van der Waals surface area (Å²) < 4.78 is 37.6. The van der Waals surface area contributed by atoms with Gasteiger partial charge in [0.1, 0.15) is 12.0 Å². The number of aldehydes is 1. The lowest BCUT2D eigenvalue weighted by Gasteiger charge is -2.15. The first-order chi connectivity index (χ1) is 7.77. The molecule has 0 aliphatic rings. The summed E-state index contributed by atoms with van der Waals surface area (Å²) in [6.45, 7) is 1.54. The maximum absolute atomic E-state index is 12.5. The molecule has 6 heteroatoms. The molecule has 0 spiro atoms. The predicted octanol–water partition coefficient (Wildman–Crippen LogP) is 3.76. The van der Waals surface area contributed by atoms with Gasteiger partial charge in [-0.15, -0.1) is 0 Å². The molecule has 0 aliphatic carbocycles. The van der Waals surface area contributed by atoms with E-state index in [0.29, 0.717) is 12.4 Å². The largest absolute Gasteiger partial charge is 0.506 e. The highest BCUT2D eigenvalue weighted by Gasteiger charge is 2.32. The zero-order chi connectivity index (χ0) is 13.2. The molecule has 0 amide bonds. The Kier molecular flexibility index (Phi) is 4.03. The zero-order valence-corrected chi connectivity index (χ0v) is 9.64. The van der Waals surface area contributed by atoms with Crippen LogP contribution < -0.4 is 0 Å². The maximum atomic E-state index is 12.5. The van der Waals surface area contributed by atoms with Crippen molar-refractivity contribution in [3.05, 3.63) is 28.3 Å². The van der Waals surface area contributed by atoms with Crippen molar-refractivity contribution >= 4 is 17.9 Å². The minimum Gasteiger partial charge on any atom is -0.506 e. The number of rotatable bonds is 3. The molecular formula is C11H10ClF3O2. The van der Waals surface area contributed by atoms with E-state index < -0.39 is 23.4 Å². The van der Waals surface area contributed by atoms with Crippen molar-refractivity contribution in [3.63, 3.8) is 0 Å². The van der Waals surface area contributed by atoms with E-state index in [0.717, 1.165) is 6.07 Å². The summed E-state index contributed by atoms with van der Waals surface area (Å²) in [7, 11) is 0. The zero-order valence-electron chi connectivity index (χ0n) is 8.88. The van der Waals surface area contributed by atoms with Gasteiger partial charge in [0.25, 0.3) is 0 Å². The highest BCUT2D eigenvalue weighted by atomic mass is 35.5. The van der Waals surface area contributed by atoms with Crippen LogP contribution in [0.1, 0.15) is 30.4 Å². The van der Waals surface area contributed by atoms with Gasteiger partial charge in [-0.3, -0.25) is 0 Å². The van der Waals surface area contributed by atoms with Crippen LogP contribution in [-0.4, -0.2) is 11.4 Å². The third-order valence-corrected chi connectivity index (χ3v) is 2.69. The maximum Gasteiger partial charge on any atom is 0.416 e. The SMILES string of the molecule is CC(CC=O)c1cc(C(F)(F)F)cc(Cl)c1O. The highest BCUT2D eigenvalue weighted by molar-refractivity contribution is 6.32. The molecule has 0 aliphatic heterocycles. The molecule has 1 aromatic rings. The number of phenolic OH excluding ortho intramolecular Hbond substituents is 1. The van der Waals surface area contributed by atoms with Crippen molar-refractivity contribution in [2.75, 3.05) is 0 Å². The standard InChI is InChI=1S/C11H10ClF3O2/c1-6(2-3-16)8-4-7(11(13,14)15)5-9(12)10(8)17/h3-6,17H,2H2,1H3. The lowest BCUT2D eigenvalue weighted by molar-refractivity contribution is -0.137. The Labute approximate surface area is 101 Å². The molecule has 0 saturated heterocycles. The molecule has 1 N–H and O–H groups in total. The van der Waals surface area contributed by atoms with Crippen molar-refractivity contribution < 1.29 is 23.1 Å². The molecule has 2 nitrogen and oxygen atoms in total. The second kappa shape index (κ2) is 4.96. The van der Waals surface area contributed by atoms with E-state index in [1.54, 1.807) is 6.92 Å². The third-order valence-electron chi connectivity index (χ3n) is 2.40. The normalized spacial score (nSPS) is 13.5. The van der Waals surface area contributed by atoms with Crippen molar-refractivity contribution in [2.24, 2.45) is 0 Å². The molecule has 0 aromatic heterocycles. The van der Waals surface area contributed by atoms with E-state index in [9.17, 15) is 23.1 Å². The van der Waals surface area contributed by atoms with E-state index in [-0.39, 0.29) is 17.0 Å². The van der Waals surface area contributed by atoms with Gasteiger partial charge in [0.05, 0.1) is 10.6 Å². The van der Waals surface area contributed by atoms with E-state index in [1.165, 1.54) is 0 Å². The van der Waals surface area contributed by atoms with Gasteiger partial charge in [-0.05, 0) is 23.6 Å². The summed E-state index contributed by atoms with van der Waals surface area (Å²) >= 11 is 5.53. The molecule has 1 rings (SSSR count). The average Bonchev–Trinajstić information content (AvgIpc) is 2.20. The van der Waals surface area contributed by atoms with Crippen LogP contribution in [0.3, 0.4) is 0 Å². The van der Waals surface area contributed by atoms with E-state index in [2.05, 4.69) is 0 Å². The Morgan fingerprint density at radius 2 is 2.06 bits per heavy atom. The van der Waals surface area contributed by atoms with E-state index in [4.69, 9.17) is 11.6 Å². The summed E-state index contributed by atoms with van der Waals surface area (Å²) in [5.74, 6) is -0.929. The first kappa shape index (κ1) is 13.8. The van der Waals surface area contributed by atoms with Gasteiger partial charge in [-0.25, -0.2) is 0 Å². The fourth-order valence-corrected chi connectivity index (χ4v) is 1.66. The quantitative estimate of drug-likeness (QED) is 0.846. The summed E-state index contributed by atoms with van der Waals surface area (Å²) in [6, 6.07) is 1.48. The van der Waals surface area contributed by atoms with Gasteiger partial charge in [0.2, 0.25) is 0 Å². The van der Waals surface area contributed by atoms with Crippen LogP contribution in [0.2, 0.25) is 5.02 Å². The van der Waals surface area contributed by atoms with E-state index in [1.807, 2.05) is 0 Å². The molecule has 1 atom stereocenters. The van der Waals surface area contributed by atoms with Gasteiger partial charge in [0, 0.05) is 6.42 Å². The van der Waals surface area contributed by atoms with Gasteiger partial charge in [-0.2, -0.15) is 13.2 Å². The van der Waals surface area contributed by atoms with Crippen LogP contribution in [0.4, 0.5) is 13.2 Å². The van der Waals surface area contributed by atoms with Gasteiger partial charge in [-0.1, -0.05) is 18.5 Å². The second-order valence-electron chi connectivity index (χ2n) is 3.70. The van der Waals surface area contributed by atoms with Gasteiger partial charge in [0.15, 0.2) is 0 Å². The third kappa shape index (κ3) is 3.12. The summed E-state index contributed by atoms with van der Waals surface area (Å²) in [5, 5.41) is 9.20. The number of carbonyl (C=O) groups is 1. The monoisotopic (exact) mass is 266 g/mol. The fraction of sp³-hybridized carbons (Fsp3) is 0.364. The number of hydrogen-bond donors (Lipinski definition) is 1. The minimum atomic E-state index is -4.53. The van der Waals surface area contributed by atoms with Gasteiger partial charge < -0.3 is 9.90 Å². The molecule has 0 radical (unpaired) electrons. The van der Waals surface area contributed by atoms with Crippen LogP contribution >= 0.6 is 11.6 Å². The molecular weight excluding hydrogens is 257 g/mol. The Hall–Kier alpha value is -1.23. The number of hydrogen-bond acceptors (Lipinski definition) is 2. The number of phenols is 1. The topological polar surface area (TPSA) is 37.3 Å². The second-order valence-corrected chi connectivity index (χ2v) is 4.10. The van der Waals surface area contributed by atoms with Crippen molar-refractivity contribution in [2.45, 2.75) is 25.4 Å². The molecule has 1 aromatic carbocycles. The molecule has 17 heavy (non-hydrogen) atoms. The number of benzene rings is 1. The Balaban J connectivity index is 3.29. The van der Waals surface area contributed by atoms with Crippen molar-refractivity contribution in [1.29, 1.82) is 0 Å². The summed E-state index contributed by atoms with van der Waals surface area (Å²) in [4.78, 5) is 10.3. The molecule has 0 bridgehead atoms. The summed E-state index contributed by atoms with van der Waals surface area (Å²) in [6.07, 6.45) is -3.93. The lowest BCUT2D eigenvalue weighted by atomic mass is 9.95. The molecule has 0 heterocycles. The van der Waals surface area contributed by atoms with Crippen LogP contribution in [0, 0.1) is 0 Å². The fourth-order valence-electron chi connectivity index (χ4n) is 1.43. The Bertz CT molecular complexity index is 429. The van der Waals surface area contributed by atoms with Crippen LogP contribution in [0.25, 0.3) is 0 Å². The first-order valence-corrected chi connectivity index (χ1v) is 5.18. The van der Waals surface area contributed by atoms with Crippen molar-refractivity contribution in [1.82, 2.24) is 0 Å². The molecule has 0 fully saturated rings. The number of carbonyl (C=O) groups excluding carboxylic acids is 1. The number of alkyl halides is 3. The van der Waals surface area contributed by atoms with Crippen LogP contribution in [0.15, 0.2) is 12.1 Å². The number of aromatic hydroxyl groups is 1. The molecule has 0 saturated carbocycles. The van der Waals surface area contributed by atoms with Crippen LogP contribution in [0.5, 0.6) is 5.75 Å². The Morgan fingerprint density at radius 3 is 2.53 bits per heavy atom. The first-order valence-electron chi connectivity index (χ1n) is 4.80. The minimum absolute atomic E-state index is 0.0190. The lowest BCUT2D eigenvalue weighted by Crippen LogP contribution is -2.07. The smallest absolute Gasteiger partial charge is 0.416 e. The average molecular weight is 267 g/mol.